The zero-order chi connectivity index (χ0) is 11.4. The monoisotopic (exact) mass is 221 g/mol. The maximum Gasteiger partial charge on any atom is 0.134 e. The molecule has 86 valence electrons. The van der Waals surface area contributed by atoms with Crippen LogP contribution in [0.5, 0.6) is 0 Å². The number of hydrogen-bond acceptors (Lipinski definition) is 4. The van der Waals surface area contributed by atoms with Crippen LogP contribution in [0.3, 0.4) is 0 Å². The fourth-order valence-electron chi connectivity index (χ4n) is 1.56. The first-order valence-corrected chi connectivity index (χ1v) is 5.26. The molecule has 0 aliphatic carbocycles. The van der Waals surface area contributed by atoms with E-state index in [0.29, 0.717) is 6.54 Å². The van der Waals surface area contributed by atoms with E-state index in [9.17, 15) is 0 Å². The van der Waals surface area contributed by atoms with Crippen molar-refractivity contribution in [3.05, 3.63) is 36.1 Å². The molecule has 0 unspecified atom stereocenters. The van der Waals surface area contributed by atoms with Gasteiger partial charge in [0.15, 0.2) is 0 Å². The van der Waals surface area contributed by atoms with Crippen molar-refractivity contribution in [2.75, 3.05) is 13.2 Å². The molecule has 1 aromatic carbocycles. The second kappa shape index (κ2) is 5.12. The highest BCUT2D eigenvalue weighted by Gasteiger charge is 2.07. The van der Waals surface area contributed by atoms with Gasteiger partial charge < -0.3 is 19.9 Å². The fraction of sp³-hybridized carbons (Fsp3) is 0.333. The summed E-state index contributed by atoms with van der Waals surface area (Å²) >= 11 is 0. The van der Waals surface area contributed by atoms with Gasteiger partial charge in [0.05, 0.1) is 25.8 Å². The topological polar surface area (TPSA) is 65.6 Å². The number of furan rings is 1. The number of rotatable bonds is 5. The molecule has 4 nitrogen and oxygen atoms in total. The van der Waals surface area contributed by atoms with Crippen LogP contribution in [0, 0.1) is 0 Å². The number of hydrogen-bond donors (Lipinski definition) is 3. The number of benzene rings is 1. The standard InChI is InChI=1S/C12H15NO3/c14-7-10(8-15)13-6-11-5-9-3-1-2-4-12(9)16-11/h1-5,10,13-15H,6-8H2. The lowest BCUT2D eigenvalue weighted by molar-refractivity contribution is 0.168. The normalized spacial score (nSPS) is 11.4. The lowest BCUT2D eigenvalue weighted by atomic mass is 10.2. The van der Waals surface area contributed by atoms with Gasteiger partial charge in [-0.3, -0.25) is 0 Å². The molecule has 1 heterocycles. The Hall–Kier alpha value is -1.36. The van der Waals surface area contributed by atoms with Crippen molar-refractivity contribution in [1.29, 1.82) is 0 Å². The molecule has 2 aromatic rings. The third-order valence-electron chi connectivity index (χ3n) is 2.48. The summed E-state index contributed by atoms with van der Waals surface area (Å²) in [6.07, 6.45) is 0. The summed E-state index contributed by atoms with van der Waals surface area (Å²) in [6, 6.07) is 9.43. The molecule has 0 aliphatic heterocycles. The Balaban J connectivity index is 2.04. The molecule has 0 saturated heterocycles. The average Bonchev–Trinajstić information content (AvgIpc) is 2.73. The van der Waals surface area contributed by atoms with Gasteiger partial charge >= 0.3 is 0 Å². The number of aliphatic hydroxyl groups excluding tert-OH is 2. The predicted octanol–water partition coefficient (Wildman–Crippen LogP) is 0.876. The van der Waals surface area contributed by atoms with Gasteiger partial charge in [-0.25, -0.2) is 0 Å². The van der Waals surface area contributed by atoms with Crippen molar-refractivity contribution >= 4 is 11.0 Å². The Bertz CT molecular complexity index is 415. The summed E-state index contributed by atoms with van der Waals surface area (Å²) in [5.41, 5.74) is 0.851. The van der Waals surface area contributed by atoms with Crippen molar-refractivity contribution in [1.82, 2.24) is 5.32 Å². The van der Waals surface area contributed by atoms with E-state index >= 15 is 0 Å². The number of fused-ring (bicyclic) bond motifs is 1. The van der Waals surface area contributed by atoms with E-state index in [1.807, 2.05) is 30.3 Å². The maximum atomic E-state index is 8.89. The molecule has 0 atom stereocenters. The minimum Gasteiger partial charge on any atom is -0.460 e. The summed E-state index contributed by atoms with van der Waals surface area (Å²) in [5, 5.41) is 21.8. The lowest BCUT2D eigenvalue weighted by Gasteiger charge is -2.11. The van der Waals surface area contributed by atoms with Crippen LogP contribution in [-0.2, 0) is 6.54 Å². The Morgan fingerprint density at radius 1 is 1.19 bits per heavy atom. The Morgan fingerprint density at radius 2 is 1.94 bits per heavy atom. The minimum absolute atomic E-state index is 0.0866. The highest BCUT2D eigenvalue weighted by atomic mass is 16.3. The first kappa shape index (κ1) is 11.1. The van der Waals surface area contributed by atoms with Crippen LogP contribution in [0.4, 0.5) is 0 Å². The Labute approximate surface area is 93.5 Å². The molecule has 2 rings (SSSR count). The van der Waals surface area contributed by atoms with Crippen LogP contribution in [0.25, 0.3) is 11.0 Å². The van der Waals surface area contributed by atoms with Crippen molar-refractivity contribution in [2.24, 2.45) is 0 Å². The smallest absolute Gasteiger partial charge is 0.134 e. The van der Waals surface area contributed by atoms with Crippen LogP contribution < -0.4 is 5.32 Å². The molecule has 3 N–H and O–H groups in total. The highest BCUT2D eigenvalue weighted by Crippen LogP contribution is 2.18. The first-order valence-electron chi connectivity index (χ1n) is 5.26. The Morgan fingerprint density at radius 3 is 2.62 bits per heavy atom. The van der Waals surface area contributed by atoms with Gasteiger partial charge in [0.25, 0.3) is 0 Å². The van der Waals surface area contributed by atoms with Gasteiger partial charge in [-0.2, -0.15) is 0 Å². The second-order valence-electron chi connectivity index (χ2n) is 3.69. The average molecular weight is 221 g/mol. The van der Waals surface area contributed by atoms with Gasteiger partial charge in [0, 0.05) is 5.39 Å². The van der Waals surface area contributed by atoms with Crippen molar-refractivity contribution in [2.45, 2.75) is 12.6 Å². The summed E-state index contributed by atoms with van der Waals surface area (Å²) in [4.78, 5) is 0. The molecule has 4 heteroatoms. The van der Waals surface area contributed by atoms with E-state index in [1.165, 1.54) is 0 Å². The third kappa shape index (κ3) is 2.41. The molecular formula is C12H15NO3. The van der Waals surface area contributed by atoms with E-state index in [0.717, 1.165) is 16.7 Å². The molecule has 0 bridgehead atoms. The van der Waals surface area contributed by atoms with Gasteiger partial charge in [-0.1, -0.05) is 18.2 Å². The number of para-hydroxylation sites is 1. The van der Waals surface area contributed by atoms with Crippen LogP contribution in [0.1, 0.15) is 5.76 Å². The molecule has 1 aromatic heterocycles. The van der Waals surface area contributed by atoms with Crippen LogP contribution >= 0.6 is 0 Å². The van der Waals surface area contributed by atoms with E-state index in [2.05, 4.69) is 5.32 Å². The first-order chi connectivity index (χ1) is 7.83. The van der Waals surface area contributed by atoms with E-state index in [-0.39, 0.29) is 19.3 Å². The molecular weight excluding hydrogens is 206 g/mol. The molecule has 16 heavy (non-hydrogen) atoms. The van der Waals surface area contributed by atoms with Crippen molar-refractivity contribution < 1.29 is 14.6 Å². The summed E-state index contributed by atoms with van der Waals surface area (Å²) in [5.74, 6) is 0.799. The van der Waals surface area contributed by atoms with E-state index < -0.39 is 0 Å². The Kier molecular flexibility index (Phi) is 3.56. The molecule has 0 saturated carbocycles. The number of nitrogens with one attached hydrogen (secondary N) is 1. The van der Waals surface area contributed by atoms with Crippen molar-refractivity contribution in [3.63, 3.8) is 0 Å². The summed E-state index contributed by atoms with van der Waals surface area (Å²) in [7, 11) is 0. The van der Waals surface area contributed by atoms with Gasteiger partial charge in [-0.05, 0) is 12.1 Å². The van der Waals surface area contributed by atoms with Gasteiger partial charge in [-0.15, -0.1) is 0 Å². The largest absolute Gasteiger partial charge is 0.460 e. The maximum absolute atomic E-state index is 8.89. The molecule has 0 amide bonds. The molecule has 0 spiro atoms. The quantitative estimate of drug-likeness (QED) is 0.701. The second-order valence-corrected chi connectivity index (χ2v) is 3.69. The van der Waals surface area contributed by atoms with Crippen LogP contribution in [-0.4, -0.2) is 29.5 Å². The zero-order valence-electron chi connectivity index (χ0n) is 8.89. The highest BCUT2D eigenvalue weighted by molar-refractivity contribution is 5.77. The van der Waals surface area contributed by atoms with E-state index in [4.69, 9.17) is 14.6 Å². The SMILES string of the molecule is OCC(CO)NCc1cc2ccccc2o1. The van der Waals surface area contributed by atoms with Crippen molar-refractivity contribution in [3.8, 4) is 0 Å². The molecule has 0 aliphatic rings. The lowest BCUT2D eigenvalue weighted by Crippen LogP contribution is -2.35. The summed E-state index contributed by atoms with van der Waals surface area (Å²) < 4.78 is 5.58. The van der Waals surface area contributed by atoms with E-state index in [1.54, 1.807) is 0 Å². The predicted molar refractivity (Wildman–Crippen MR) is 61.0 cm³/mol. The van der Waals surface area contributed by atoms with Gasteiger partial charge in [0.1, 0.15) is 11.3 Å². The van der Waals surface area contributed by atoms with Gasteiger partial charge in [0.2, 0.25) is 0 Å². The molecule has 0 fully saturated rings. The minimum atomic E-state index is -0.298. The van der Waals surface area contributed by atoms with Crippen LogP contribution in [0.2, 0.25) is 0 Å². The molecule has 0 radical (unpaired) electrons. The number of aliphatic hydroxyl groups is 2. The fourth-order valence-corrected chi connectivity index (χ4v) is 1.56. The summed E-state index contributed by atoms with van der Waals surface area (Å²) in [6.45, 7) is 0.327. The van der Waals surface area contributed by atoms with Crippen LogP contribution in [0.15, 0.2) is 34.7 Å². The third-order valence-corrected chi connectivity index (χ3v) is 2.48. The zero-order valence-corrected chi connectivity index (χ0v) is 8.89.